The molecular weight excluding hydrogens is 396 g/mol. The average molecular weight is 431 g/mol. The molecule has 1 atom stereocenters. The number of carbonyl (C=O) groups excluding carboxylic acids is 3. The Morgan fingerprint density at radius 1 is 1.26 bits per heavy atom. The summed E-state index contributed by atoms with van der Waals surface area (Å²) < 4.78 is 5.40. The first-order valence-electron chi connectivity index (χ1n) is 10.6. The van der Waals surface area contributed by atoms with Crippen molar-refractivity contribution < 1.29 is 19.1 Å². The zero-order valence-electron chi connectivity index (χ0n) is 18.9. The number of likely N-dealkylation sites (tertiary alicyclic amines) is 1. The van der Waals surface area contributed by atoms with Gasteiger partial charge >= 0.3 is 12.1 Å². The Bertz CT molecular complexity index is 786. The van der Waals surface area contributed by atoms with Gasteiger partial charge in [-0.3, -0.25) is 4.79 Å². The maximum absolute atomic E-state index is 12.7. The minimum Gasteiger partial charge on any atom is -0.444 e. The molecule has 170 valence electrons. The first kappa shape index (κ1) is 24.2. The molecule has 2 rings (SSSR count). The molecule has 0 bridgehead atoms. The fraction of sp³-hybridized carbons (Fsp3) is 0.522. The molecule has 1 aromatic rings. The Kier molecular flexibility index (Phi) is 8.47. The van der Waals surface area contributed by atoms with E-state index in [0.29, 0.717) is 37.4 Å². The van der Waals surface area contributed by atoms with Crippen molar-refractivity contribution in [2.24, 2.45) is 5.92 Å². The number of nitrogens with one attached hydrogen (secondary N) is 2. The zero-order valence-corrected chi connectivity index (χ0v) is 18.9. The minimum atomic E-state index is -0.536. The predicted molar refractivity (Wildman–Crippen MR) is 121 cm³/mol. The maximum atomic E-state index is 12.7. The summed E-state index contributed by atoms with van der Waals surface area (Å²) in [6.45, 7) is 11.3. The highest BCUT2D eigenvalue weighted by Crippen LogP contribution is 2.20. The smallest absolute Gasteiger partial charge is 0.410 e. The van der Waals surface area contributed by atoms with E-state index < -0.39 is 5.60 Å². The monoisotopic (exact) mass is 430 g/mol. The van der Waals surface area contributed by atoms with Crippen molar-refractivity contribution in [1.29, 1.82) is 0 Å². The van der Waals surface area contributed by atoms with Crippen LogP contribution in [0.1, 0.15) is 44.0 Å². The minimum absolute atomic E-state index is 0.187. The van der Waals surface area contributed by atoms with Gasteiger partial charge in [0.1, 0.15) is 5.60 Å². The summed E-state index contributed by atoms with van der Waals surface area (Å²) in [5.74, 6) is -0.00120. The van der Waals surface area contributed by atoms with Crippen LogP contribution < -0.4 is 10.6 Å². The second-order valence-corrected chi connectivity index (χ2v) is 8.82. The van der Waals surface area contributed by atoms with Gasteiger partial charge in [0.15, 0.2) is 0 Å². The molecule has 1 saturated heterocycles. The number of ether oxygens (including phenoxy) is 1. The first-order chi connectivity index (χ1) is 14.6. The Labute approximate surface area is 184 Å². The summed E-state index contributed by atoms with van der Waals surface area (Å²) in [5.41, 5.74) is 0.604. The molecule has 0 aromatic heterocycles. The highest BCUT2D eigenvalue weighted by molar-refractivity contribution is 5.95. The molecule has 1 aliphatic heterocycles. The molecule has 0 saturated carbocycles. The second kappa shape index (κ2) is 10.8. The van der Waals surface area contributed by atoms with Gasteiger partial charge in [-0.2, -0.15) is 0 Å². The van der Waals surface area contributed by atoms with Gasteiger partial charge in [0.2, 0.25) is 0 Å². The van der Waals surface area contributed by atoms with Crippen LogP contribution in [-0.4, -0.2) is 66.7 Å². The number of anilines is 1. The molecule has 8 nitrogen and oxygen atoms in total. The van der Waals surface area contributed by atoms with Gasteiger partial charge in [-0.05, 0) is 63.8 Å². The van der Waals surface area contributed by atoms with E-state index in [9.17, 15) is 14.4 Å². The lowest BCUT2D eigenvalue weighted by atomic mass is 9.98. The van der Waals surface area contributed by atoms with E-state index in [2.05, 4.69) is 17.2 Å². The Morgan fingerprint density at radius 3 is 2.55 bits per heavy atom. The SMILES string of the molecule is C=CCNC(=O)c1ccc(NC(=O)N2CCCC(CN(C)C(=O)OC(C)(C)C)C2)cc1. The molecule has 1 fully saturated rings. The Balaban J connectivity index is 1.87. The Hall–Kier alpha value is -3.03. The van der Waals surface area contributed by atoms with Crippen LogP contribution >= 0.6 is 0 Å². The lowest BCUT2D eigenvalue weighted by Crippen LogP contribution is -2.46. The first-order valence-corrected chi connectivity index (χ1v) is 10.6. The summed E-state index contributed by atoms with van der Waals surface area (Å²) in [4.78, 5) is 40.2. The van der Waals surface area contributed by atoms with Crippen LogP contribution in [0.15, 0.2) is 36.9 Å². The summed E-state index contributed by atoms with van der Waals surface area (Å²) >= 11 is 0. The number of rotatable bonds is 6. The number of benzene rings is 1. The standard InChI is InChI=1S/C23H34N4O4/c1-6-13-24-20(28)18-9-11-19(12-10-18)25-21(29)27-14-7-8-17(16-27)15-26(5)22(30)31-23(2,3)4/h6,9-12,17H,1,7-8,13-16H2,2-5H3,(H,24,28)(H,25,29). The molecular formula is C23H34N4O4. The molecule has 2 N–H and O–H groups in total. The van der Waals surface area contributed by atoms with Crippen LogP contribution in [-0.2, 0) is 4.74 Å². The van der Waals surface area contributed by atoms with Crippen molar-refractivity contribution in [2.75, 3.05) is 38.5 Å². The van der Waals surface area contributed by atoms with Gasteiger partial charge in [-0.25, -0.2) is 9.59 Å². The molecule has 1 unspecified atom stereocenters. The van der Waals surface area contributed by atoms with Gasteiger partial charge in [0.25, 0.3) is 5.91 Å². The lowest BCUT2D eigenvalue weighted by Gasteiger charge is -2.35. The van der Waals surface area contributed by atoms with Crippen LogP contribution in [0, 0.1) is 5.92 Å². The number of nitrogens with zero attached hydrogens (tertiary/aromatic N) is 2. The maximum Gasteiger partial charge on any atom is 0.410 e. The van der Waals surface area contributed by atoms with Gasteiger partial charge in [0.05, 0.1) is 0 Å². The normalized spacial score (nSPS) is 16.3. The van der Waals surface area contributed by atoms with Crippen LogP contribution in [0.5, 0.6) is 0 Å². The van der Waals surface area contributed by atoms with Crippen LogP contribution in [0.25, 0.3) is 0 Å². The van der Waals surface area contributed by atoms with Crippen molar-refractivity contribution in [3.05, 3.63) is 42.5 Å². The number of amides is 4. The fourth-order valence-electron chi connectivity index (χ4n) is 3.37. The van der Waals surface area contributed by atoms with Gasteiger partial charge in [0, 0.05) is 44.5 Å². The van der Waals surface area contributed by atoms with Crippen LogP contribution in [0.4, 0.5) is 15.3 Å². The van der Waals surface area contributed by atoms with Crippen molar-refractivity contribution in [2.45, 2.75) is 39.2 Å². The highest BCUT2D eigenvalue weighted by Gasteiger charge is 2.27. The van der Waals surface area contributed by atoms with Crippen molar-refractivity contribution in [1.82, 2.24) is 15.1 Å². The van der Waals surface area contributed by atoms with Gasteiger partial charge < -0.3 is 25.2 Å². The third kappa shape index (κ3) is 7.96. The van der Waals surface area contributed by atoms with E-state index >= 15 is 0 Å². The van der Waals surface area contributed by atoms with Gasteiger partial charge in [-0.15, -0.1) is 6.58 Å². The molecule has 31 heavy (non-hydrogen) atoms. The molecule has 0 radical (unpaired) electrons. The molecule has 1 heterocycles. The predicted octanol–water partition coefficient (Wildman–Crippen LogP) is 3.71. The van der Waals surface area contributed by atoms with Crippen LogP contribution in [0.2, 0.25) is 0 Å². The molecule has 8 heteroatoms. The summed E-state index contributed by atoms with van der Waals surface area (Å²) in [6.07, 6.45) is 3.09. The summed E-state index contributed by atoms with van der Waals surface area (Å²) in [6, 6.07) is 6.57. The second-order valence-electron chi connectivity index (χ2n) is 8.82. The van der Waals surface area contributed by atoms with E-state index in [1.807, 2.05) is 20.8 Å². The zero-order chi connectivity index (χ0) is 23.0. The molecule has 0 aliphatic carbocycles. The van der Waals surface area contributed by atoms with E-state index in [4.69, 9.17) is 4.74 Å². The van der Waals surface area contributed by atoms with E-state index in [1.165, 1.54) is 0 Å². The highest BCUT2D eigenvalue weighted by atomic mass is 16.6. The number of hydrogen-bond donors (Lipinski definition) is 2. The van der Waals surface area contributed by atoms with Crippen molar-refractivity contribution in [3.8, 4) is 0 Å². The van der Waals surface area contributed by atoms with E-state index in [-0.39, 0.29) is 23.9 Å². The number of hydrogen-bond acceptors (Lipinski definition) is 4. The van der Waals surface area contributed by atoms with Crippen molar-refractivity contribution >= 4 is 23.7 Å². The van der Waals surface area contributed by atoms with E-state index in [0.717, 1.165) is 12.8 Å². The quantitative estimate of drug-likeness (QED) is 0.673. The Morgan fingerprint density at radius 2 is 1.94 bits per heavy atom. The topological polar surface area (TPSA) is 91.0 Å². The third-order valence-corrected chi connectivity index (χ3v) is 4.85. The molecule has 4 amide bonds. The lowest BCUT2D eigenvalue weighted by molar-refractivity contribution is 0.0253. The van der Waals surface area contributed by atoms with Crippen molar-refractivity contribution in [3.63, 3.8) is 0 Å². The number of piperidine rings is 1. The molecule has 0 spiro atoms. The summed E-state index contributed by atoms with van der Waals surface area (Å²) in [5, 5.41) is 5.59. The largest absolute Gasteiger partial charge is 0.444 e. The molecule has 1 aromatic carbocycles. The average Bonchev–Trinajstić information content (AvgIpc) is 2.71. The van der Waals surface area contributed by atoms with Crippen LogP contribution in [0.3, 0.4) is 0 Å². The number of urea groups is 1. The van der Waals surface area contributed by atoms with Gasteiger partial charge in [-0.1, -0.05) is 6.08 Å². The molecule has 1 aliphatic rings. The van der Waals surface area contributed by atoms with E-state index in [1.54, 1.807) is 47.2 Å². The summed E-state index contributed by atoms with van der Waals surface area (Å²) in [7, 11) is 1.72. The number of carbonyl (C=O) groups is 3. The third-order valence-electron chi connectivity index (χ3n) is 4.85. The fourth-order valence-corrected chi connectivity index (χ4v) is 3.37.